The van der Waals surface area contributed by atoms with Crippen LogP contribution in [-0.2, 0) is 4.79 Å². The summed E-state index contributed by atoms with van der Waals surface area (Å²) in [5.41, 5.74) is 4.59. The summed E-state index contributed by atoms with van der Waals surface area (Å²) < 4.78 is 0. The van der Waals surface area contributed by atoms with Crippen molar-refractivity contribution in [2.75, 3.05) is 0 Å². The first kappa shape index (κ1) is 13.4. The maximum absolute atomic E-state index is 11.9. The molecule has 0 radical (unpaired) electrons. The minimum Gasteiger partial charge on any atom is -0.392 e. The number of hydrogen-bond donors (Lipinski definition) is 2. The van der Waals surface area contributed by atoms with E-state index in [1.165, 1.54) is 0 Å². The molecule has 0 spiro atoms. The minimum atomic E-state index is -0.734. The zero-order valence-electron chi connectivity index (χ0n) is 9.60. The Balaban J connectivity index is 4.73. The van der Waals surface area contributed by atoms with Gasteiger partial charge in [0.05, 0.1) is 10.4 Å². The molecule has 0 heterocycles. The zero-order chi connectivity index (χ0) is 11.6. The topological polar surface area (TPSA) is 55.1 Å². The lowest BCUT2D eigenvalue weighted by Crippen LogP contribution is -2.52. The first-order valence-corrected chi connectivity index (χ1v) is 5.17. The van der Waals surface area contributed by atoms with Crippen LogP contribution in [-0.4, -0.2) is 16.4 Å². The van der Waals surface area contributed by atoms with E-state index in [0.29, 0.717) is 6.42 Å². The maximum Gasteiger partial charge on any atom is 0.233 e. The lowest BCUT2D eigenvalue weighted by molar-refractivity contribution is -0.128. The zero-order valence-corrected chi connectivity index (χ0v) is 10.4. The van der Waals surface area contributed by atoms with Crippen LogP contribution in [0.25, 0.3) is 0 Å². The maximum atomic E-state index is 11.9. The number of hydrogen-bond acceptors (Lipinski definition) is 2. The van der Waals surface area contributed by atoms with Gasteiger partial charge in [-0.15, -0.1) is 0 Å². The molecule has 4 heteroatoms. The van der Waals surface area contributed by atoms with Gasteiger partial charge in [-0.3, -0.25) is 4.79 Å². The highest BCUT2D eigenvalue weighted by molar-refractivity contribution is 7.80. The molecule has 0 saturated heterocycles. The van der Waals surface area contributed by atoms with Crippen LogP contribution in [0.4, 0.5) is 0 Å². The van der Waals surface area contributed by atoms with Crippen molar-refractivity contribution in [3.05, 3.63) is 0 Å². The standard InChI is InChI=1S/C10H20N2OS/c1-6-10(5,7(11)14)8(13)12-9(2,3)4/h6H2,1-5H3,(H2,11,14)(H,12,13). The van der Waals surface area contributed by atoms with Gasteiger partial charge in [-0.2, -0.15) is 0 Å². The highest BCUT2D eigenvalue weighted by Gasteiger charge is 2.36. The number of nitrogens with one attached hydrogen (secondary N) is 1. The molecule has 0 saturated carbocycles. The Morgan fingerprint density at radius 3 is 2.00 bits per heavy atom. The van der Waals surface area contributed by atoms with E-state index in [1.54, 1.807) is 6.92 Å². The van der Waals surface area contributed by atoms with Gasteiger partial charge in [0.2, 0.25) is 5.91 Å². The third-order valence-corrected chi connectivity index (χ3v) is 2.69. The third kappa shape index (κ3) is 3.25. The molecule has 0 bridgehead atoms. The molecular weight excluding hydrogens is 196 g/mol. The second kappa shape index (κ2) is 4.26. The quantitative estimate of drug-likeness (QED) is 0.705. The van der Waals surface area contributed by atoms with Crippen LogP contribution in [0.1, 0.15) is 41.0 Å². The first-order chi connectivity index (χ1) is 6.13. The van der Waals surface area contributed by atoms with Crippen molar-refractivity contribution in [3.63, 3.8) is 0 Å². The van der Waals surface area contributed by atoms with Gasteiger partial charge in [0.25, 0.3) is 0 Å². The molecule has 3 nitrogen and oxygen atoms in total. The molecule has 14 heavy (non-hydrogen) atoms. The molecule has 1 unspecified atom stereocenters. The minimum absolute atomic E-state index is 0.0972. The van der Waals surface area contributed by atoms with Gasteiger partial charge in [-0.05, 0) is 34.1 Å². The summed E-state index contributed by atoms with van der Waals surface area (Å²) >= 11 is 4.91. The van der Waals surface area contributed by atoms with Crippen molar-refractivity contribution in [2.24, 2.45) is 11.1 Å². The Bertz CT molecular complexity index is 245. The average molecular weight is 216 g/mol. The number of amides is 1. The van der Waals surface area contributed by atoms with Crippen molar-refractivity contribution < 1.29 is 4.79 Å². The van der Waals surface area contributed by atoms with Gasteiger partial charge in [-0.1, -0.05) is 19.1 Å². The normalized spacial score (nSPS) is 15.8. The van der Waals surface area contributed by atoms with E-state index in [1.807, 2.05) is 27.7 Å². The fourth-order valence-corrected chi connectivity index (χ4v) is 1.16. The second-order valence-corrected chi connectivity index (χ2v) is 5.19. The molecular formula is C10H20N2OS. The van der Waals surface area contributed by atoms with Crippen LogP contribution in [0.15, 0.2) is 0 Å². The van der Waals surface area contributed by atoms with E-state index in [-0.39, 0.29) is 16.4 Å². The van der Waals surface area contributed by atoms with E-state index in [4.69, 9.17) is 18.0 Å². The van der Waals surface area contributed by atoms with E-state index in [2.05, 4.69) is 5.32 Å². The predicted molar refractivity (Wildman–Crippen MR) is 63.1 cm³/mol. The largest absolute Gasteiger partial charge is 0.392 e. The van der Waals surface area contributed by atoms with E-state index < -0.39 is 5.41 Å². The van der Waals surface area contributed by atoms with Crippen molar-refractivity contribution in [1.82, 2.24) is 5.32 Å². The number of rotatable bonds is 3. The SMILES string of the molecule is CCC(C)(C(=O)NC(C)(C)C)C(N)=S. The highest BCUT2D eigenvalue weighted by Crippen LogP contribution is 2.22. The van der Waals surface area contributed by atoms with E-state index in [9.17, 15) is 4.79 Å². The molecule has 0 aromatic heterocycles. The van der Waals surface area contributed by atoms with Crippen molar-refractivity contribution in [2.45, 2.75) is 46.6 Å². The van der Waals surface area contributed by atoms with Gasteiger partial charge in [0.15, 0.2) is 0 Å². The third-order valence-electron chi connectivity index (χ3n) is 2.24. The Labute approximate surface area is 91.4 Å². The molecule has 3 N–H and O–H groups in total. The van der Waals surface area contributed by atoms with Crippen molar-refractivity contribution in [3.8, 4) is 0 Å². The summed E-state index contributed by atoms with van der Waals surface area (Å²) in [5.74, 6) is -0.0972. The van der Waals surface area contributed by atoms with Gasteiger partial charge >= 0.3 is 0 Å². The van der Waals surface area contributed by atoms with Gasteiger partial charge in [-0.25, -0.2) is 0 Å². The van der Waals surface area contributed by atoms with Gasteiger partial charge < -0.3 is 11.1 Å². The molecule has 0 aliphatic carbocycles. The Morgan fingerprint density at radius 2 is 1.79 bits per heavy atom. The second-order valence-electron chi connectivity index (χ2n) is 4.75. The van der Waals surface area contributed by atoms with E-state index in [0.717, 1.165) is 0 Å². The fraction of sp³-hybridized carbons (Fsp3) is 0.800. The number of carbonyl (C=O) groups excluding carboxylic acids is 1. The van der Waals surface area contributed by atoms with Crippen LogP contribution in [0, 0.1) is 5.41 Å². The molecule has 0 aliphatic heterocycles. The summed E-state index contributed by atoms with van der Waals surface area (Å²) in [5, 5.41) is 2.89. The number of thiocarbonyl (C=S) groups is 1. The molecule has 0 aliphatic rings. The Kier molecular flexibility index (Phi) is 4.06. The lowest BCUT2D eigenvalue weighted by atomic mass is 9.85. The number of nitrogens with two attached hydrogens (primary N) is 1. The van der Waals surface area contributed by atoms with Crippen LogP contribution in [0.2, 0.25) is 0 Å². The smallest absolute Gasteiger partial charge is 0.233 e. The number of carbonyl (C=O) groups is 1. The summed E-state index contributed by atoms with van der Waals surface area (Å²) in [4.78, 5) is 12.1. The monoisotopic (exact) mass is 216 g/mol. The molecule has 1 amide bonds. The highest BCUT2D eigenvalue weighted by atomic mass is 32.1. The first-order valence-electron chi connectivity index (χ1n) is 4.76. The van der Waals surface area contributed by atoms with Gasteiger partial charge in [0, 0.05) is 5.54 Å². The molecule has 82 valence electrons. The fourth-order valence-electron chi connectivity index (χ4n) is 0.925. The summed E-state index contributed by atoms with van der Waals surface area (Å²) in [6, 6.07) is 0. The van der Waals surface area contributed by atoms with Crippen LogP contribution < -0.4 is 11.1 Å². The van der Waals surface area contributed by atoms with Crippen LogP contribution >= 0.6 is 12.2 Å². The van der Waals surface area contributed by atoms with Crippen molar-refractivity contribution in [1.29, 1.82) is 0 Å². The van der Waals surface area contributed by atoms with E-state index >= 15 is 0 Å². The van der Waals surface area contributed by atoms with Crippen LogP contribution in [0.5, 0.6) is 0 Å². The molecule has 0 aromatic carbocycles. The lowest BCUT2D eigenvalue weighted by Gasteiger charge is -2.30. The summed E-state index contributed by atoms with van der Waals surface area (Å²) in [6.07, 6.45) is 0.615. The van der Waals surface area contributed by atoms with Crippen LogP contribution in [0.3, 0.4) is 0 Å². The molecule has 1 atom stereocenters. The summed E-state index contributed by atoms with van der Waals surface area (Å²) in [7, 11) is 0. The molecule has 0 aromatic rings. The Morgan fingerprint density at radius 1 is 1.36 bits per heavy atom. The average Bonchev–Trinajstić information content (AvgIpc) is 1.99. The summed E-state index contributed by atoms with van der Waals surface area (Å²) in [6.45, 7) is 9.47. The molecule has 0 fully saturated rings. The van der Waals surface area contributed by atoms with Gasteiger partial charge in [0.1, 0.15) is 0 Å². The Hall–Kier alpha value is -0.640. The predicted octanol–water partition coefficient (Wildman–Crippen LogP) is 1.60. The van der Waals surface area contributed by atoms with Crippen molar-refractivity contribution >= 4 is 23.1 Å². The molecule has 0 rings (SSSR count).